The highest BCUT2D eigenvalue weighted by Crippen LogP contribution is 2.20. The van der Waals surface area contributed by atoms with Gasteiger partial charge in [0.1, 0.15) is 5.82 Å². The van der Waals surface area contributed by atoms with Crippen molar-refractivity contribution in [2.45, 2.75) is 34.6 Å². The molecule has 0 saturated carbocycles. The molecule has 0 aliphatic rings. The monoisotopic (exact) mass is 278 g/mol. The molecule has 1 heterocycles. The van der Waals surface area contributed by atoms with Crippen molar-refractivity contribution in [3.63, 3.8) is 0 Å². The van der Waals surface area contributed by atoms with E-state index in [9.17, 15) is 4.79 Å². The van der Waals surface area contributed by atoms with Gasteiger partial charge in [0.05, 0.1) is 0 Å². The SMILES string of the molecule is CCNC(=O)c1ccc(NCC(C(C)C)C(C)C)nn1. The van der Waals surface area contributed by atoms with E-state index in [1.165, 1.54) is 0 Å². The lowest BCUT2D eigenvalue weighted by molar-refractivity contribution is 0.0950. The second-order valence-corrected chi connectivity index (χ2v) is 5.70. The highest BCUT2D eigenvalue weighted by Gasteiger charge is 2.17. The number of hydrogen-bond donors (Lipinski definition) is 2. The minimum atomic E-state index is -0.186. The Morgan fingerprint density at radius 2 is 1.80 bits per heavy atom. The van der Waals surface area contributed by atoms with Gasteiger partial charge in [-0.05, 0) is 36.8 Å². The Morgan fingerprint density at radius 3 is 2.25 bits per heavy atom. The summed E-state index contributed by atoms with van der Waals surface area (Å²) in [6.45, 7) is 12.3. The Balaban J connectivity index is 2.59. The number of nitrogens with zero attached hydrogens (tertiary/aromatic N) is 2. The topological polar surface area (TPSA) is 66.9 Å². The lowest BCUT2D eigenvalue weighted by atomic mass is 9.85. The lowest BCUT2D eigenvalue weighted by Crippen LogP contribution is -2.26. The first-order valence-corrected chi connectivity index (χ1v) is 7.31. The summed E-state index contributed by atoms with van der Waals surface area (Å²) in [6, 6.07) is 3.50. The van der Waals surface area contributed by atoms with E-state index in [-0.39, 0.29) is 5.91 Å². The maximum absolute atomic E-state index is 11.6. The third-order valence-corrected chi connectivity index (χ3v) is 3.47. The van der Waals surface area contributed by atoms with Crippen LogP contribution >= 0.6 is 0 Å². The van der Waals surface area contributed by atoms with Crippen LogP contribution < -0.4 is 10.6 Å². The molecule has 0 aliphatic heterocycles. The number of rotatable bonds is 7. The molecule has 0 atom stereocenters. The number of hydrogen-bond acceptors (Lipinski definition) is 4. The van der Waals surface area contributed by atoms with Crippen molar-refractivity contribution < 1.29 is 4.79 Å². The summed E-state index contributed by atoms with van der Waals surface area (Å²) in [5.41, 5.74) is 0.349. The Hall–Kier alpha value is -1.65. The van der Waals surface area contributed by atoms with Gasteiger partial charge in [0.25, 0.3) is 5.91 Å². The molecule has 0 unspecified atom stereocenters. The molecule has 0 fully saturated rings. The normalized spacial score (nSPS) is 11.2. The van der Waals surface area contributed by atoms with Gasteiger partial charge in [-0.15, -0.1) is 10.2 Å². The van der Waals surface area contributed by atoms with Gasteiger partial charge < -0.3 is 10.6 Å². The number of amides is 1. The highest BCUT2D eigenvalue weighted by molar-refractivity contribution is 5.92. The minimum Gasteiger partial charge on any atom is -0.368 e. The zero-order valence-electron chi connectivity index (χ0n) is 13.1. The van der Waals surface area contributed by atoms with Crippen molar-refractivity contribution in [1.82, 2.24) is 15.5 Å². The Morgan fingerprint density at radius 1 is 1.15 bits per heavy atom. The van der Waals surface area contributed by atoms with Crippen molar-refractivity contribution in [2.24, 2.45) is 17.8 Å². The van der Waals surface area contributed by atoms with Crippen molar-refractivity contribution in [2.75, 3.05) is 18.4 Å². The van der Waals surface area contributed by atoms with Crippen molar-refractivity contribution in [3.05, 3.63) is 17.8 Å². The molecule has 0 spiro atoms. The van der Waals surface area contributed by atoms with Crippen LogP contribution in [0.1, 0.15) is 45.1 Å². The first-order valence-electron chi connectivity index (χ1n) is 7.31. The molecular weight excluding hydrogens is 252 g/mol. The summed E-state index contributed by atoms with van der Waals surface area (Å²) < 4.78 is 0. The van der Waals surface area contributed by atoms with Gasteiger partial charge in [0.15, 0.2) is 5.69 Å². The van der Waals surface area contributed by atoms with Gasteiger partial charge >= 0.3 is 0 Å². The van der Waals surface area contributed by atoms with Gasteiger partial charge in [0, 0.05) is 13.1 Å². The number of anilines is 1. The van der Waals surface area contributed by atoms with Crippen molar-refractivity contribution in [1.29, 1.82) is 0 Å². The van der Waals surface area contributed by atoms with E-state index >= 15 is 0 Å². The van der Waals surface area contributed by atoms with E-state index in [4.69, 9.17) is 0 Å². The van der Waals surface area contributed by atoms with Crippen LogP contribution in [-0.2, 0) is 0 Å². The van der Waals surface area contributed by atoms with E-state index in [0.29, 0.717) is 35.8 Å². The first-order chi connectivity index (χ1) is 9.45. The number of carbonyl (C=O) groups excluding carboxylic acids is 1. The average Bonchev–Trinajstić information content (AvgIpc) is 2.39. The van der Waals surface area contributed by atoms with Gasteiger partial charge in [0.2, 0.25) is 0 Å². The molecule has 5 nitrogen and oxygen atoms in total. The third-order valence-electron chi connectivity index (χ3n) is 3.47. The number of nitrogens with one attached hydrogen (secondary N) is 2. The molecule has 1 aromatic heterocycles. The quantitative estimate of drug-likeness (QED) is 0.804. The van der Waals surface area contributed by atoms with Crippen LogP contribution in [0.3, 0.4) is 0 Å². The largest absolute Gasteiger partial charge is 0.368 e. The van der Waals surface area contributed by atoms with Crippen molar-refractivity contribution >= 4 is 11.7 Å². The van der Waals surface area contributed by atoms with E-state index in [0.717, 1.165) is 6.54 Å². The van der Waals surface area contributed by atoms with Crippen LogP contribution in [0.4, 0.5) is 5.82 Å². The second-order valence-electron chi connectivity index (χ2n) is 5.70. The predicted molar refractivity (Wildman–Crippen MR) is 81.7 cm³/mol. The third kappa shape index (κ3) is 4.79. The van der Waals surface area contributed by atoms with Crippen LogP contribution in [0.15, 0.2) is 12.1 Å². The molecule has 20 heavy (non-hydrogen) atoms. The molecular formula is C15H26N4O. The maximum atomic E-state index is 11.6. The molecule has 1 amide bonds. The van der Waals surface area contributed by atoms with E-state index < -0.39 is 0 Å². The second kappa shape index (κ2) is 7.82. The molecule has 0 aromatic carbocycles. The van der Waals surface area contributed by atoms with Crippen LogP contribution in [-0.4, -0.2) is 29.2 Å². The van der Waals surface area contributed by atoms with Crippen LogP contribution in [0.25, 0.3) is 0 Å². The van der Waals surface area contributed by atoms with Crippen LogP contribution in [0.2, 0.25) is 0 Å². The van der Waals surface area contributed by atoms with Gasteiger partial charge in [-0.1, -0.05) is 27.7 Å². The molecule has 2 N–H and O–H groups in total. The first kappa shape index (κ1) is 16.4. The number of carbonyl (C=O) groups is 1. The average molecular weight is 278 g/mol. The number of aromatic nitrogens is 2. The Labute approximate surface area is 121 Å². The molecule has 0 radical (unpaired) electrons. The van der Waals surface area contributed by atoms with Crippen molar-refractivity contribution in [3.8, 4) is 0 Å². The Bertz CT molecular complexity index is 406. The summed E-state index contributed by atoms with van der Waals surface area (Å²) in [7, 11) is 0. The summed E-state index contributed by atoms with van der Waals surface area (Å²) in [6.07, 6.45) is 0. The fourth-order valence-corrected chi connectivity index (χ4v) is 2.26. The molecule has 112 valence electrons. The minimum absolute atomic E-state index is 0.186. The maximum Gasteiger partial charge on any atom is 0.271 e. The fraction of sp³-hybridized carbons (Fsp3) is 0.667. The molecule has 1 rings (SSSR count). The van der Waals surface area contributed by atoms with Gasteiger partial charge in [-0.25, -0.2) is 0 Å². The molecule has 5 heteroatoms. The molecule has 0 bridgehead atoms. The zero-order chi connectivity index (χ0) is 15.1. The van der Waals surface area contributed by atoms with E-state index in [1.807, 2.05) is 6.92 Å². The summed E-state index contributed by atoms with van der Waals surface area (Å²) >= 11 is 0. The predicted octanol–water partition coefficient (Wildman–Crippen LogP) is 2.57. The summed E-state index contributed by atoms with van der Waals surface area (Å²) in [5.74, 6) is 2.34. The van der Waals surface area contributed by atoms with Gasteiger partial charge in [-0.3, -0.25) is 4.79 Å². The smallest absolute Gasteiger partial charge is 0.271 e. The molecule has 0 saturated heterocycles. The molecule has 0 aliphatic carbocycles. The zero-order valence-corrected chi connectivity index (χ0v) is 13.1. The highest BCUT2D eigenvalue weighted by atomic mass is 16.1. The van der Waals surface area contributed by atoms with Crippen LogP contribution in [0, 0.1) is 17.8 Å². The summed E-state index contributed by atoms with van der Waals surface area (Å²) in [5, 5.41) is 14.0. The fourth-order valence-electron chi connectivity index (χ4n) is 2.26. The van der Waals surface area contributed by atoms with E-state index in [2.05, 4.69) is 48.5 Å². The molecule has 1 aromatic rings. The van der Waals surface area contributed by atoms with Crippen LogP contribution in [0.5, 0.6) is 0 Å². The van der Waals surface area contributed by atoms with E-state index in [1.54, 1.807) is 12.1 Å². The Kier molecular flexibility index (Phi) is 6.42. The lowest BCUT2D eigenvalue weighted by Gasteiger charge is -2.25. The standard InChI is InChI=1S/C15H26N4O/c1-6-16-15(20)13-7-8-14(19-18-13)17-9-12(10(2)3)11(4)5/h7-8,10-12H,6,9H2,1-5H3,(H,16,20)(H,17,19). The van der Waals surface area contributed by atoms with Gasteiger partial charge in [-0.2, -0.15) is 0 Å². The summed E-state index contributed by atoms with van der Waals surface area (Å²) in [4.78, 5) is 11.6.